The van der Waals surface area contributed by atoms with Gasteiger partial charge < -0.3 is 10.1 Å². The van der Waals surface area contributed by atoms with Gasteiger partial charge in [-0.25, -0.2) is 4.68 Å². The number of amides is 1. The van der Waals surface area contributed by atoms with Crippen LogP contribution in [-0.4, -0.2) is 20.3 Å². The van der Waals surface area contributed by atoms with Crippen LogP contribution in [0.4, 0.5) is 5.69 Å². The Bertz CT molecular complexity index is 1190. The van der Waals surface area contributed by atoms with E-state index in [0.29, 0.717) is 17.1 Å². The van der Waals surface area contributed by atoms with E-state index in [-0.39, 0.29) is 19.1 Å². The Balaban J connectivity index is 1.56. The van der Waals surface area contributed by atoms with E-state index in [1.807, 2.05) is 95.6 Å². The van der Waals surface area contributed by atoms with E-state index in [9.17, 15) is 4.79 Å². The fourth-order valence-corrected chi connectivity index (χ4v) is 3.42. The minimum Gasteiger partial charge on any atom is -0.486 e. The van der Waals surface area contributed by atoms with Gasteiger partial charge in [-0.1, -0.05) is 66.7 Å². The Morgan fingerprint density at radius 3 is 2.19 bits per heavy atom. The summed E-state index contributed by atoms with van der Waals surface area (Å²) in [6.07, 6.45) is 0. The number of benzene rings is 3. The number of carbonyl (C=O) groups is 1. The lowest BCUT2D eigenvalue weighted by Crippen LogP contribution is -2.20. The fraction of sp³-hybridized carbons (Fsp3) is 0.125. The smallest absolute Gasteiger partial charge is 0.246 e. The van der Waals surface area contributed by atoms with Gasteiger partial charge in [0, 0.05) is 5.69 Å². The predicted octanol–water partition coefficient (Wildman–Crippen LogP) is 4.68. The Hall–Kier alpha value is -3.71. The lowest BCUT2D eigenvalue weighted by Gasteiger charge is -2.08. The van der Waals surface area contributed by atoms with E-state index in [0.717, 1.165) is 17.0 Å². The maximum absolute atomic E-state index is 12.5. The lowest BCUT2D eigenvalue weighted by molar-refractivity contribution is -0.116. The van der Waals surface area contributed by atoms with Gasteiger partial charge >= 0.3 is 0 Å². The molecule has 31 heavy (non-hydrogen) atoms. The third kappa shape index (κ3) is 5.46. The zero-order valence-corrected chi connectivity index (χ0v) is 17.7. The molecule has 0 aliphatic rings. The molecule has 0 fully saturated rings. The predicted molar refractivity (Wildman–Crippen MR) is 122 cm³/mol. The average Bonchev–Trinajstić information content (AvgIpc) is 3.08. The summed E-state index contributed by atoms with van der Waals surface area (Å²) < 4.78 is 9.81. The first-order valence-corrected chi connectivity index (χ1v) is 10.3. The van der Waals surface area contributed by atoms with Crippen molar-refractivity contribution in [2.45, 2.75) is 19.7 Å². The van der Waals surface area contributed by atoms with Crippen LogP contribution in [0.25, 0.3) is 0 Å². The summed E-state index contributed by atoms with van der Waals surface area (Å²) in [5.74, 6) is 1.21. The molecule has 1 heterocycles. The highest BCUT2D eigenvalue weighted by Crippen LogP contribution is 2.14. The molecule has 0 aliphatic heterocycles. The van der Waals surface area contributed by atoms with E-state index < -0.39 is 0 Å². The Kier molecular flexibility index (Phi) is 6.54. The standard InChI is InChI=1S/C24H22N4O2S/c29-23(25-20-12-6-2-7-13-20)17-28-24(31)27(16-19-10-4-1-5-11-19)22(26-28)18-30-21-14-8-3-9-15-21/h1-15H,16-18H2,(H,25,29). The maximum Gasteiger partial charge on any atom is 0.246 e. The van der Waals surface area contributed by atoms with Crippen molar-refractivity contribution in [3.05, 3.63) is 107 Å². The highest BCUT2D eigenvalue weighted by molar-refractivity contribution is 7.71. The number of nitrogens with one attached hydrogen (secondary N) is 1. The SMILES string of the molecule is O=C(Cn1nc(COc2ccccc2)n(Cc2ccccc2)c1=S)Nc1ccccc1. The highest BCUT2D eigenvalue weighted by atomic mass is 32.1. The van der Waals surface area contributed by atoms with Crippen LogP contribution < -0.4 is 10.1 Å². The third-order valence-electron chi connectivity index (χ3n) is 4.64. The summed E-state index contributed by atoms with van der Waals surface area (Å²) in [4.78, 5) is 12.5. The molecule has 0 saturated heterocycles. The minimum absolute atomic E-state index is 0.0217. The van der Waals surface area contributed by atoms with E-state index in [1.165, 1.54) is 0 Å². The van der Waals surface area contributed by atoms with E-state index >= 15 is 0 Å². The van der Waals surface area contributed by atoms with Crippen molar-refractivity contribution < 1.29 is 9.53 Å². The molecule has 0 aliphatic carbocycles. The number of hydrogen-bond acceptors (Lipinski definition) is 4. The first-order valence-electron chi connectivity index (χ1n) is 9.92. The van der Waals surface area contributed by atoms with Gasteiger partial charge in [0.2, 0.25) is 5.91 Å². The molecular weight excluding hydrogens is 408 g/mol. The van der Waals surface area contributed by atoms with Crippen LogP contribution in [0.15, 0.2) is 91.0 Å². The van der Waals surface area contributed by atoms with Crippen LogP contribution in [0, 0.1) is 4.77 Å². The number of para-hydroxylation sites is 2. The normalized spacial score (nSPS) is 10.6. The maximum atomic E-state index is 12.5. The number of aromatic nitrogens is 3. The van der Waals surface area contributed by atoms with Gasteiger partial charge in [0.1, 0.15) is 18.9 Å². The van der Waals surface area contributed by atoms with Gasteiger partial charge in [-0.2, -0.15) is 5.10 Å². The van der Waals surface area contributed by atoms with E-state index in [1.54, 1.807) is 4.68 Å². The topological polar surface area (TPSA) is 61.1 Å². The van der Waals surface area contributed by atoms with Crippen molar-refractivity contribution in [2.24, 2.45) is 0 Å². The summed E-state index contributed by atoms with van der Waals surface area (Å²) in [7, 11) is 0. The Morgan fingerprint density at radius 2 is 1.52 bits per heavy atom. The van der Waals surface area contributed by atoms with Crippen molar-refractivity contribution in [3.8, 4) is 5.75 Å². The van der Waals surface area contributed by atoms with Gasteiger partial charge in [-0.3, -0.25) is 9.36 Å². The molecule has 4 aromatic rings. The van der Waals surface area contributed by atoms with E-state index in [4.69, 9.17) is 17.0 Å². The molecule has 0 radical (unpaired) electrons. The molecule has 0 saturated carbocycles. The number of carbonyl (C=O) groups excluding carboxylic acids is 1. The second-order valence-electron chi connectivity index (χ2n) is 6.94. The van der Waals surface area contributed by atoms with Crippen LogP contribution in [0.3, 0.4) is 0 Å². The van der Waals surface area contributed by atoms with Gasteiger partial charge in [0.15, 0.2) is 10.6 Å². The monoisotopic (exact) mass is 430 g/mol. The van der Waals surface area contributed by atoms with Crippen molar-refractivity contribution in [1.29, 1.82) is 0 Å². The first kappa shape index (κ1) is 20.6. The van der Waals surface area contributed by atoms with Gasteiger partial charge in [0.05, 0.1) is 6.54 Å². The summed E-state index contributed by atoms with van der Waals surface area (Å²) in [6.45, 7) is 0.815. The molecule has 7 heteroatoms. The zero-order chi connectivity index (χ0) is 21.5. The minimum atomic E-state index is -0.192. The molecule has 1 N–H and O–H groups in total. The molecule has 1 amide bonds. The molecule has 156 valence electrons. The molecule has 0 atom stereocenters. The van der Waals surface area contributed by atoms with Gasteiger partial charge in [-0.05, 0) is 42.0 Å². The summed E-state index contributed by atoms with van der Waals surface area (Å²) >= 11 is 5.65. The number of hydrogen-bond donors (Lipinski definition) is 1. The first-order chi connectivity index (χ1) is 15.2. The lowest BCUT2D eigenvalue weighted by atomic mass is 10.2. The summed E-state index contributed by atoms with van der Waals surface area (Å²) in [5, 5.41) is 7.46. The second-order valence-corrected chi connectivity index (χ2v) is 7.31. The molecule has 0 bridgehead atoms. The van der Waals surface area contributed by atoms with Crippen molar-refractivity contribution in [2.75, 3.05) is 5.32 Å². The molecule has 4 rings (SSSR count). The highest BCUT2D eigenvalue weighted by Gasteiger charge is 2.15. The molecular formula is C24H22N4O2S. The largest absolute Gasteiger partial charge is 0.486 e. The Morgan fingerprint density at radius 1 is 0.903 bits per heavy atom. The van der Waals surface area contributed by atoms with Gasteiger partial charge in [0.25, 0.3) is 0 Å². The average molecular weight is 431 g/mol. The number of nitrogens with zero attached hydrogens (tertiary/aromatic N) is 3. The third-order valence-corrected chi connectivity index (χ3v) is 5.08. The molecule has 1 aromatic heterocycles. The number of rotatable bonds is 8. The van der Waals surface area contributed by atoms with Crippen molar-refractivity contribution >= 4 is 23.8 Å². The van der Waals surface area contributed by atoms with Gasteiger partial charge in [-0.15, -0.1) is 0 Å². The number of anilines is 1. The van der Waals surface area contributed by atoms with Crippen LogP contribution in [0.5, 0.6) is 5.75 Å². The van der Waals surface area contributed by atoms with Crippen molar-refractivity contribution in [3.63, 3.8) is 0 Å². The molecule has 3 aromatic carbocycles. The van der Waals surface area contributed by atoms with Crippen LogP contribution >= 0.6 is 12.2 Å². The summed E-state index contributed by atoms with van der Waals surface area (Å²) in [5.41, 5.74) is 1.82. The fourth-order valence-electron chi connectivity index (χ4n) is 3.14. The van der Waals surface area contributed by atoms with Crippen LogP contribution in [0.2, 0.25) is 0 Å². The van der Waals surface area contributed by atoms with Crippen molar-refractivity contribution in [1.82, 2.24) is 14.3 Å². The van der Waals surface area contributed by atoms with E-state index in [2.05, 4.69) is 10.4 Å². The number of ether oxygens (including phenoxy) is 1. The molecule has 6 nitrogen and oxygen atoms in total. The van der Waals surface area contributed by atoms with Crippen LogP contribution in [0.1, 0.15) is 11.4 Å². The molecule has 0 unspecified atom stereocenters. The Labute approximate surface area is 185 Å². The quantitative estimate of drug-likeness (QED) is 0.412. The summed E-state index contributed by atoms with van der Waals surface area (Å²) in [6, 6.07) is 28.9. The van der Waals surface area contributed by atoms with Crippen LogP contribution in [-0.2, 0) is 24.5 Å². The second kappa shape index (κ2) is 9.86. The molecule has 0 spiro atoms. The zero-order valence-electron chi connectivity index (χ0n) is 16.8.